The quantitative estimate of drug-likeness (QED) is 0.519. The van der Waals surface area contributed by atoms with Crippen LogP contribution < -0.4 is 11.1 Å². The van der Waals surface area contributed by atoms with Crippen LogP contribution in [0.1, 0.15) is 27.7 Å². The van der Waals surface area contributed by atoms with Crippen LogP contribution >= 0.6 is 0 Å². The van der Waals surface area contributed by atoms with E-state index in [1.807, 2.05) is 0 Å². The van der Waals surface area contributed by atoms with Crippen molar-refractivity contribution in [2.45, 2.75) is 27.7 Å². The summed E-state index contributed by atoms with van der Waals surface area (Å²) in [4.78, 5) is 10.8. The Labute approximate surface area is 84.8 Å². The lowest BCUT2D eigenvalue weighted by Gasteiger charge is -2.20. The maximum absolute atomic E-state index is 10.8. The average Bonchev–Trinajstić information content (AvgIpc) is 2.00. The van der Waals surface area contributed by atoms with E-state index in [1.54, 1.807) is 13.0 Å². The SMILES string of the molecule is C/C(NCC(C)(C)C)=C(/C#N)C(N)=O. The van der Waals surface area contributed by atoms with Gasteiger partial charge >= 0.3 is 0 Å². The molecule has 0 aliphatic rings. The zero-order valence-electron chi connectivity index (χ0n) is 9.14. The van der Waals surface area contributed by atoms with Gasteiger partial charge in [0.1, 0.15) is 11.6 Å². The largest absolute Gasteiger partial charge is 0.387 e. The van der Waals surface area contributed by atoms with Gasteiger partial charge in [-0.1, -0.05) is 20.8 Å². The maximum Gasteiger partial charge on any atom is 0.261 e. The summed E-state index contributed by atoms with van der Waals surface area (Å²) in [6, 6.07) is 1.78. The molecule has 0 bridgehead atoms. The molecule has 0 aliphatic carbocycles. The van der Waals surface area contributed by atoms with Gasteiger partial charge in [0.2, 0.25) is 0 Å². The Hall–Kier alpha value is -1.50. The molecule has 0 rings (SSSR count). The van der Waals surface area contributed by atoms with E-state index < -0.39 is 5.91 Å². The van der Waals surface area contributed by atoms with E-state index in [1.165, 1.54) is 0 Å². The molecule has 4 nitrogen and oxygen atoms in total. The first kappa shape index (κ1) is 12.5. The van der Waals surface area contributed by atoms with Crippen LogP contribution in [-0.2, 0) is 4.79 Å². The number of hydrogen-bond acceptors (Lipinski definition) is 3. The molecule has 0 spiro atoms. The number of nitriles is 1. The summed E-state index contributed by atoms with van der Waals surface area (Å²) >= 11 is 0. The lowest BCUT2D eigenvalue weighted by molar-refractivity contribution is -0.114. The van der Waals surface area contributed by atoms with E-state index in [0.717, 1.165) is 0 Å². The fourth-order valence-corrected chi connectivity index (χ4v) is 0.810. The Morgan fingerprint density at radius 1 is 1.50 bits per heavy atom. The fourth-order valence-electron chi connectivity index (χ4n) is 0.810. The summed E-state index contributed by atoms with van der Waals surface area (Å²) in [5.74, 6) is -0.689. The average molecular weight is 195 g/mol. The Bertz CT molecular complexity index is 291. The Morgan fingerprint density at radius 3 is 2.29 bits per heavy atom. The Morgan fingerprint density at radius 2 is 2.00 bits per heavy atom. The summed E-state index contributed by atoms with van der Waals surface area (Å²) in [7, 11) is 0. The molecule has 78 valence electrons. The summed E-state index contributed by atoms with van der Waals surface area (Å²) in [5.41, 5.74) is 5.66. The van der Waals surface area contributed by atoms with Crippen LogP contribution in [0.3, 0.4) is 0 Å². The van der Waals surface area contributed by atoms with Crippen molar-refractivity contribution >= 4 is 5.91 Å². The second-order valence-electron chi connectivity index (χ2n) is 4.39. The highest BCUT2D eigenvalue weighted by Crippen LogP contribution is 2.11. The summed E-state index contributed by atoms with van der Waals surface area (Å²) in [5, 5.41) is 11.7. The number of carbonyl (C=O) groups is 1. The van der Waals surface area contributed by atoms with Crippen molar-refractivity contribution in [3.63, 3.8) is 0 Å². The molecule has 4 heteroatoms. The van der Waals surface area contributed by atoms with Crippen LogP contribution in [0.2, 0.25) is 0 Å². The molecular weight excluding hydrogens is 178 g/mol. The molecule has 14 heavy (non-hydrogen) atoms. The number of amides is 1. The highest BCUT2D eigenvalue weighted by atomic mass is 16.1. The normalized spacial score (nSPS) is 12.8. The van der Waals surface area contributed by atoms with Crippen molar-refractivity contribution in [1.29, 1.82) is 5.26 Å². The number of nitrogens with two attached hydrogens (primary N) is 1. The van der Waals surface area contributed by atoms with Gasteiger partial charge in [0.05, 0.1) is 0 Å². The van der Waals surface area contributed by atoms with Gasteiger partial charge in [-0.3, -0.25) is 4.79 Å². The van der Waals surface area contributed by atoms with Crippen LogP contribution in [0, 0.1) is 16.7 Å². The van der Waals surface area contributed by atoms with Gasteiger partial charge in [-0.05, 0) is 12.3 Å². The van der Waals surface area contributed by atoms with Crippen LogP contribution in [0.25, 0.3) is 0 Å². The molecule has 0 aromatic rings. The standard InChI is InChI=1S/C10H17N3O/c1-7(8(5-11)9(12)14)13-6-10(2,3)4/h13H,6H2,1-4H3,(H2,12,14)/b8-7+. The molecule has 0 unspecified atom stereocenters. The van der Waals surface area contributed by atoms with E-state index in [2.05, 4.69) is 26.1 Å². The summed E-state index contributed by atoms with van der Waals surface area (Å²) in [6.07, 6.45) is 0. The van der Waals surface area contributed by atoms with Gasteiger partial charge in [-0.2, -0.15) is 5.26 Å². The van der Waals surface area contributed by atoms with Gasteiger partial charge < -0.3 is 11.1 Å². The molecule has 0 saturated heterocycles. The zero-order chi connectivity index (χ0) is 11.4. The molecule has 0 heterocycles. The predicted octanol–water partition coefficient (Wildman–Crippen LogP) is 0.905. The molecule has 3 N–H and O–H groups in total. The molecule has 0 saturated carbocycles. The first-order valence-corrected chi connectivity index (χ1v) is 4.42. The van der Waals surface area contributed by atoms with Crippen molar-refractivity contribution in [2.75, 3.05) is 6.54 Å². The second-order valence-corrected chi connectivity index (χ2v) is 4.39. The number of rotatable bonds is 3. The molecular formula is C10H17N3O. The summed E-state index contributed by atoms with van der Waals surface area (Å²) in [6.45, 7) is 8.54. The topological polar surface area (TPSA) is 78.9 Å². The summed E-state index contributed by atoms with van der Waals surface area (Å²) < 4.78 is 0. The fraction of sp³-hybridized carbons (Fsp3) is 0.600. The predicted molar refractivity (Wildman–Crippen MR) is 55.0 cm³/mol. The molecule has 0 aromatic heterocycles. The number of carbonyl (C=O) groups excluding carboxylic acids is 1. The van der Waals surface area contributed by atoms with E-state index in [-0.39, 0.29) is 11.0 Å². The third kappa shape index (κ3) is 4.51. The van der Waals surface area contributed by atoms with Crippen molar-refractivity contribution < 1.29 is 4.79 Å². The lowest BCUT2D eigenvalue weighted by Crippen LogP contribution is -2.28. The van der Waals surface area contributed by atoms with Gasteiger partial charge in [-0.25, -0.2) is 0 Å². The number of allylic oxidation sites excluding steroid dienone is 1. The van der Waals surface area contributed by atoms with E-state index in [0.29, 0.717) is 12.2 Å². The third-order valence-electron chi connectivity index (χ3n) is 1.62. The van der Waals surface area contributed by atoms with Crippen LogP contribution in [0.4, 0.5) is 0 Å². The number of primary amides is 1. The number of nitrogens with zero attached hydrogens (tertiary/aromatic N) is 1. The molecule has 0 fully saturated rings. The zero-order valence-corrected chi connectivity index (χ0v) is 9.14. The van der Waals surface area contributed by atoms with Crippen LogP contribution in [-0.4, -0.2) is 12.5 Å². The third-order valence-corrected chi connectivity index (χ3v) is 1.62. The van der Waals surface area contributed by atoms with E-state index >= 15 is 0 Å². The number of nitrogens with one attached hydrogen (secondary N) is 1. The number of hydrogen-bond donors (Lipinski definition) is 2. The Kier molecular flexibility index (Phi) is 4.16. The van der Waals surface area contributed by atoms with Crippen LogP contribution in [0.5, 0.6) is 0 Å². The minimum absolute atomic E-state index is 0.00532. The monoisotopic (exact) mass is 195 g/mol. The van der Waals surface area contributed by atoms with E-state index in [9.17, 15) is 4.79 Å². The highest BCUT2D eigenvalue weighted by molar-refractivity contribution is 5.96. The highest BCUT2D eigenvalue weighted by Gasteiger charge is 2.12. The van der Waals surface area contributed by atoms with Crippen molar-refractivity contribution in [3.05, 3.63) is 11.3 Å². The molecule has 0 radical (unpaired) electrons. The second kappa shape index (κ2) is 4.66. The smallest absolute Gasteiger partial charge is 0.261 e. The Balaban J connectivity index is 4.53. The lowest BCUT2D eigenvalue weighted by atomic mass is 9.97. The molecule has 1 amide bonds. The van der Waals surface area contributed by atoms with Crippen molar-refractivity contribution in [3.8, 4) is 6.07 Å². The maximum atomic E-state index is 10.8. The van der Waals surface area contributed by atoms with Crippen molar-refractivity contribution in [2.24, 2.45) is 11.1 Å². The minimum Gasteiger partial charge on any atom is -0.387 e. The molecule has 0 aliphatic heterocycles. The van der Waals surface area contributed by atoms with Gasteiger partial charge in [0.25, 0.3) is 5.91 Å². The van der Waals surface area contributed by atoms with Crippen LogP contribution in [0.15, 0.2) is 11.3 Å². The molecule has 0 atom stereocenters. The van der Waals surface area contributed by atoms with Gasteiger partial charge in [0.15, 0.2) is 0 Å². The first-order valence-electron chi connectivity index (χ1n) is 4.42. The van der Waals surface area contributed by atoms with Crippen molar-refractivity contribution in [1.82, 2.24) is 5.32 Å². The first-order chi connectivity index (χ1) is 6.28. The molecule has 0 aromatic carbocycles. The van der Waals surface area contributed by atoms with Gasteiger partial charge in [0, 0.05) is 12.2 Å². The van der Waals surface area contributed by atoms with E-state index in [4.69, 9.17) is 11.0 Å². The minimum atomic E-state index is -0.689. The van der Waals surface area contributed by atoms with Gasteiger partial charge in [-0.15, -0.1) is 0 Å².